The molecule has 0 spiro atoms. The summed E-state index contributed by atoms with van der Waals surface area (Å²) in [6, 6.07) is 2.41. The molecule has 2 rings (SSSR count). The Balaban J connectivity index is 1.99. The lowest BCUT2D eigenvalue weighted by Gasteiger charge is -2.24. The van der Waals surface area contributed by atoms with Crippen LogP contribution in [0.5, 0.6) is 0 Å². The van der Waals surface area contributed by atoms with Gasteiger partial charge >= 0.3 is 0 Å². The zero-order valence-corrected chi connectivity index (χ0v) is 8.93. The van der Waals surface area contributed by atoms with Gasteiger partial charge in [-0.1, -0.05) is 30.9 Å². The molecular formula is C11H15ClN2. The van der Waals surface area contributed by atoms with Crippen molar-refractivity contribution in [2.75, 3.05) is 5.32 Å². The third kappa shape index (κ3) is 2.38. The average Bonchev–Trinajstić information content (AvgIpc) is 2.23. The summed E-state index contributed by atoms with van der Waals surface area (Å²) in [4.78, 5) is 4.06. The van der Waals surface area contributed by atoms with E-state index in [-0.39, 0.29) is 0 Å². The van der Waals surface area contributed by atoms with E-state index >= 15 is 0 Å². The van der Waals surface area contributed by atoms with Crippen LogP contribution in [-0.4, -0.2) is 11.0 Å². The summed E-state index contributed by atoms with van der Waals surface area (Å²) in [6.07, 6.45) is 10.1. The van der Waals surface area contributed by atoms with E-state index in [4.69, 9.17) is 11.6 Å². The van der Waals surface area contributed by atoms with Crippen molar-refractivity contribution in [3.05, 3.63) is 23.5 Å². The first-order chi connectivity index (χ1) is 6.86. The minimum atomic E-state index is 0.588. The summed E-state index contributed by atoms with van der Waals surface area (Å²) in [5.74, 6) is 0. The highest BCUT2D eigenvalue weighted by molar-refractivity contribution is 6.33. The van der Waals surface area contributed by atoms with Gasteiger partial charge in [0, 0.05) is 12.2 Å². The van der Waals surface area contributed by atoms with Crippen LogP contribution in [0.15, 0.2) is 18.5 Å². The third-order valence-corrected chi connectivity index (χ3v) is 3.06. The largest absolute Gasteiger partial charge is 0.380 e. The lowest BCUT2D eigenvalue weighted by molar-refractivity contribution is 0.462. The van der Waals surface area contributed by atoms with Crippen molar-refractivity contribution in [3.8, 4) is 0 Å². The predicted molar refractivity (Wildman–Crippen MR) is 59.7 cm³/mol. The molecule has 1 heterocycles. The fourth-order valence-corrected chi connectivity index (χ4v) is 2.11. The number of halogens is 1. The van der Waals surface area contributed by atoms with E-state index in [0.717, 1.165) is 10.7 Å². The molecule has 76 valence electrons. The second kappa shape index (κ2) is 4.65. The average molecular weight is 211 g/mol. The van der Waals surface area contributed by atoms with Gasteiger partial charge in [-0.25, -0.2) is 0 Å². The van der Waals surface area contributed by atoms with E-state index < -0.39 is 0 Å². The summed E-state index contributed by atoms with van der Waals surface area (Å²) >= 11 is 6.04. The van der Waals surface area contributed by atoms with Crippen molar-refractivity contribution < 1.29 is 0 Å². The minimum Gasteiger partial charge on any atom is -0.380 e. The molecule has 1 saturated carbocycles. The Labute approximate surface area is 89.7 Å². The molecular weight excluding hydrogens is 196 g/mol. The van der Waals surface area contributed by atoms with E-state index in [1.807, 2.05) is 6.07 Å². The van der Waals surface area contributed by atoms with Gasteiger partial charge in [-0.15, -0.1) is 0 Å². The molecule has 3 heteroatoms. The second-order valence-electron chi connectivity index (χ2n) is 3.83. The Hall–Kier alpha value is -0.760. The van der Waals surface area contributed by atoms with E-state index in [1.54, 1.807) is 12.4 Å². The highest BCUT2D eigenvalue weighted by atomic mass is 35.5. The normalized spacial score (nSPS) is 18.1. The van der Waals surface area contributed by atoms with Gasteiger partial charge in [0.15, 0.2) is 0 Å². The fourth-order valence-electron chi connectivity index (χ4n) is 1.95. The summed E-state index contributed by atoms with van der Waals surface area (Å²) in [5.41, 5.74) is 0.973. The Morgan fingerprint density at radius 1 is 1.29 bits per heavy atom. The molecule has 0 saturated heterocycles. The van der Waals surface area contributed by atoms with Crippen molar-refractivity contribution in [1.82, 2.24) is 4.98 Å². The smallest absolute Gasteiger partial charge is 0.0718 e. The van der Waals surface area contributed by atoms with Gasteiger partial charge in [0.2, 0.25) is 0 Å². The SMILES string of the molecule is Clc1ccncc1NC1CCCCC1. The molecule has 1 N–H and O–H groups in total. The monoisotopic (exact) mass is 210 g/mol. The lowest BCUT2D eigenvalue weighted by Crippen LogP contribution is -2.22. The van der Waals surface area contributed by atoms with Crippen LogP contribution in [-0.2, 0) is 0 Å². The number of nitrogens with one attached hydrogen (secondary N) is 1. The molecule has 0 aliphatic heterocycles. The summed E-state index contributed by atoms with van der Waals surface area (Å²) in [6.45, 7) is 0. The molecule has 0 bridgehead atoms. The summed E-state index contributed by atoms with van der Waals surface area (Å²) in [7, 11) is 0. The maximum absolute atomic E-state index is 6.04. The van der Waals surface area contributed by atoms with Gasteiger partial charge in [0.05, 0.1) is 16.9 Å². The molecule has 0 unspecified atom stereocenters. The molecule has 1 aliphatic rings. The minimum absolute atomic E-state index is 0.588. The van der Waals surface area contributed by atoms with Crippen molar-refractivity contribution >= 4 is 17.3 Å². The summed E-state index contributed by atoms with van der Waals surface area (Å²) < 4.78 is 0. The lowest BCUT2D eigenvalue weighted by atomic mass is 9.95. The molecule has 0 amide bonds. The zero-order valence-electron chi connectivity index (χ0n) is 8.17. The third-order valence-electron chi connectivity index (χ3n) is 2.73. The Morgan fingerprint density at radius 2 is 2.07 bits per heavy atom. The summed E-state index contributed by atoms with van der Waals surface area (Å²) in [5, 5.41) is 4.22. The molecule has 14 heavy (non-hydrogen) atoms. The highest BCUT2D eigenvalue weighted by Crippen LogP contribution is 2.25. The van der Waals surface area contributed by atoms with Crippen LogP contribution in [0.25, 0.3) is 0 Å². The quantitative estimate of drug-likeness (QED) is 0.809. The predicted octanol–water partition coefficient (Wildman–Crippen LogP) is 3.48. The molecule has 1 aliphatic carbocycles. The van der Waals surface area contributed by atoms with Gasteiger partial charge in [-0.2, -0.15) is 0 Å². The van der Waals surface area contributed by atoms with Gasteiger partial charge in [-0.3, -0.25) is 4.98 Å². The van der Waals surface area contributed by atoms with Gasteiger partial charge in [0.25, 0.3) is 0 Å². The van der Waals surface area contributed by atoms with Crippen molar-refractivity contribution in [2.45, 2.75) is 38.1 Å². The standard InChI is InChI=1S/C11H15ClN2/c12-10-6-7-13-8-11(10)14-9-4-2-1-3-5-9/h6-9,14H,1-5H2. The molecule has 0 atom stereocenters. The maximum atomic E-state index is 6.04. The van der Waals surface area contributed by atoms with E-state index in [1.165, 1.54) is 32.1 Å². The van der Waals surface area contributed by atoms with E-state index in [2.05, 4.69) is 10.3 Å². The number of aromatic nitrogens is 1. The first-order valence-electron chi connectivity index (χ1n) is 5.22. The maximum Gasteiger partial charge on any atom is 0.0718 e. The van der Waals surface area contributed by atoms with E-state index in [0.29, 0.717) is 6.04 Å². The van der Waals surface area contributed by atoms with Crippen molar-refractivity contribution in [3.63, 3.8) is 0 Å². The first kappa shape index (κ1) is 9.78. The van der Waals surface area contributed by atoms with E-state index in [9.17, 15) is 0 Å². The molecule has 1 fully saturated rings. The Kier molecular flexibility index (Phi) is 3.25. The molecule has 1 aromatic heterocycles. The van der Waals surface area contributed by atoms with Gasteiger partial charge in [0.1, 0.15) is 0 Å². The van der Waals surface area contributed by atoms with Crippen LogP contribution in [0.4, 0.5) is 5.69 Å². The first-order valence-corrected chi connectivity index (χ1v) is 5.60. The van der Waals surface area contributed by atoms with Crippen molar-refractivity contribution in [2.24, 2.45) is 0 Å². The highest BCUT2D eigenvalue weighted by Gasteiger charge is 2.13. The zero-order chi connectivity index (χ0) is 9.80. The molecule has 0 radical (unpaired) electrons. The van der Waals surface area contributed by atoms with Crippen molar-refractivity contribution in [1.29, 1.82) is 0 Å². The fraction of sp³-hybridized carbons (Fsp3) is 0.545. The number of pyridine rings is 1. The molecule has 1 aromatic rings. The van der Waals surface area contributed by atoms with Crippen LogP contribution >= 0.6 is 11.6 Å². The van der Waals surface area contributed by atoms with Crippen LogP contribution in [0.2, 0.25) is 5.02 Å². The van der Waals surface area contributed by atoms with Crippen LogP contribution in [0.3, 0.4) is 0 Å². The van der Waals surface area contributed by atoms with Gasteiger partial charge in [-0.05, 0) is 18.9 Å². The van der Waals surface area contributed by atoms with Crippen LogP contribution in [0, 0.1) is 0 Å². The van der Waals surface area contributed by atoms with Crippen LogP contribution in [0.1, 0.15) is 32.1 Å². The topological polar surface area (TPSA) is 24.9 Å². The number of hydrogen-bond donors (Lipinski definition) is 1. The number of nitrogens with zero attached hydrogens (tertiary/aromatic N) is 1. The van der Waals surface area contributed by atoms with Crippen LogP contribution < -0.4 is 5.32 Å². The Bertz CT molecular complexity index is 295. The Morgan fingerprint density at radius 3 is 2.79 bits per heavy atom. The second-order valence-corrected chi connectivity index (χ2v) is 4.24. The van der Waals surface area contributed by atoms with Gasteiger partial charge < -0.3 is 5.32 Å². The number of anilines is 1. The number of hydrogen-bond acceptors (Lipinski definition) is 2. The number of rotatable bonds is 2. The molecule has 2 nitrogen and oxygen atoms in total. The molecule has 0 aromatic carbocycles.